The van der Waals surface area contributed by atoms with Crippen molar-refractivity contribution in [3.8, 4) is 5.75 Å². The summed E-state index contributed by atoms with van der Waals surface area (Å²) in [6.45, 7) is 4.81. The molecule has 0 bridgehead atoms. The van der Waals surface area contributed by atoms with Crippen LogP contribution in [0.25, 0.3) is 0 Å². The number of methoxy groups -OCH3 is 1. The van der Waals surface area contributed by atoms with E-state index in [1.165, 1.54) is 7.11 Å². The van der Waals surface area contributed by atoms with Gasteiger partial charge in [-0.15, -0.1) is 0 Å². The van der Waals surface area contributed by atoms with Crippen molar-refractivity contribution in [1.29, 1.82) is 0 Å². The molecule has 0 atom stereocenters. The van der Waals surface area contributed by atoms with Crippen molar-refractivity contribution in [1.82, 2.24) is 0 Å². The summed E-state index contributed by atoms with van der Waals surface area (Å²) in [5.41, 5.74) is 2.75. The van der Waals surface area contributed by atoms with Crippen LogP contribution < -0.4 is 10.1 Å². The monoisotopic (exact) mass is 459 g/mol. The van der Waals surface area contributed by atoms with Gasteiger partial charge in [-0.1, -0.05) is 31.0 Å². The molecule has 1 amide bonds. The summed E-state index contributed by atoms with van der Waals surface area (Å²) >= 11 is 0. The Hall–Kier alpha value is -2.87. The van der Waals surface area contributed by atoms with Crippen molar-refractivity contribution in [2.75, 3.05) is 19.0 Å². The number of hydrogen-bond donors (Lipinski definition) is 1. The van der Waals surface area contributed by atoms with Crippen LogP contribution in [0.5, 0.6) is 5.75 Å². The van der Waals surface area contributed by atoms with Gasteiger partial charge in [0.05, 0.1) is 17.7 Å². The van der Waals surface area contributed by atoms with Crippen molar-refractivity contribution in [2.24, 2.45) is 0 Å². The maximum atomic E-state index is 13.6. The third-order valence-electron chi connectivity index (χ3n) is 5.89. The molecule has 2 aromatic carbocycles. The summed E-state index contributed by atoms with van der Waals surface area (Å²) in [7, 11) is -2.51. The molecule has 0 aromatic heterocycles. The van der Waals surface area contributed by atoms with Gasteiger partial charge in [0.15, 0.2) is 21.2 Å². The highest BCUT2D eigenvalue weighted by molar-refractivity contribution is 7.93. The molecule has 1 N–H and O–H groups in total. The van der Waals surface area contributed by atoms with Gasteiger partial charge in [-0.2, -0.15) is 0 Å². The first-order chi connectivity index (χ1) is 15.1. The zero-order valence-corrected chi connectivity index (χ0v) is 19.7. The van der Waals surface area contributed by atoms with Crippen LogP contribution in [0.3, 0.4) is 0 Å². The van der Waals surface area contributed by atoms with E-state index >= 15 is 0 Å². The maximum Gasteiger partial charge on any atom is 0.328 e. The predicted molar refractivity (Wildman–Crippen MR) is 122 cm³/mol. The van der Waals surface area contributed by atoms with Crippen molar-refractivity contribution in [3.05, 3.63) is 53.1 Å². The molecular weight excluding hydrogens is 430 g/mol. The molecule has 1 aliphatic rings. The van der Waals surface area contributed by atoms with Crippen LogP contribution in [-0.2, 0) is 24.2 Å². The third-order valence-corrected chi connectivity index (χ3v) is 8.52. The Morgan fingerprint density at radius 3 is 2.28 bits per heavy atom. The van der Waals surface area contributed by atoms with Crippen LogP contribution in [0.2, 0.25) is 0 Å². The zero-order chi connectivity index (χ0) is 23.5. The first kappa shape index (κ1) is 23.8. The number of amides is 1. The number of carbonyl (C=O) groups excluding carboxylic acids is 2. The van der Waals surface area contributed by atoms with E-state index in [4.69, 9.17) is 9.47 Å². The number of ether oxygens (including phenoxy) is 2. The standard InChI is InChI=1S/C24H29NO6S/c1-16-8-10-20(30-4)19(13-16)25-22(26)15-31-23(27)24(11-5-6-12-24)32(28,29)21-14-17(2)7-9-18(21)3/h7-10,13-14H,5-6,11-12,15H2,1-4H3,(H,25,26). The molecule has 0 heterocycles. The fourth-order valence-electron chi connectivity index (χ4n) is 4.10. The van der Waals surface area contributed by atoms with Crippen LogP contribution in [0.4, 0.5) is 5.69 Å². The van der Waals surface area contributed by atoms with Crippen molar-refractivity contribution < 1.29 is 27.5 Å². The number of rotatable bonds is 7. The van der Waals surface area contributed by atoms with Crippen molar-refractivity contribution in [2.45, 2.75) is 56.1 Å². The number of esters is 1. The molecule has 1 saturated carbocycles. The quantitative estimate of drug-likeness (QED) is 0.631. The van der Waals surface area contributed by atoms with Gasteiger partial charge >= 0.3 is 5.97 Å². The average molecular weight is 460 g/mol. The number of aryl methyl sites for hydroxylation is 3. The van der Waals surface area contributed by atoms with E-state index in [-0.39, 0.29) is 17.7 Å². The molecule has 8 heteroatoms. The summed E-state index contributed by atoms with van der Waals surface area (Å²) in [5.74, 6) is -0.971. The minimum Gasteiger partial charge on any atom is -0.495 e. The lowest BCUT2D eigenvalue weighted by Gasteiger charge is -2.27. The smallest absolute Gasteiger partial charge is 0.328 e. The fraction of sp³-hybridized carbons (Fsp3) is 0.417. The predicted octanol–water partition coefficient (Wildman–Crippen LogP) is 3.89. The molecular formula is C24H29NO6S. The van der Waals surface area contributed by atoms with Crippen LogP contribution in [0.1, 0.15) is 42.4 Å². The third kappa shape index (κ3) is 4.50. The average Bonchev–Trinajstić information content (AvgIpc) is 3.26. The molecule has 0 aliphatic heterocycles. The van der Waals surface area contributed by atoms with E-state index in [1.54, 1.807) is 31.2 Å². The van der Waals surface area contributed by atoms with E-state index in [2.05, 4.69) is 5.32 Å². The number of sulfone groups is 1. The number of hydrogen-bond acceptors (Lipinski definition) is 6. The lowest BCUT2D eigenvalue weighted by atomic mass is 10.1. The van der Waals surface area contributed by atoms with Gasteiger partial charge in [0.2, 0.25) is 0 Å². The van der Waals surface area contributed by atoms with Crippen LogP contribution >= 0.6 is 0 Å². The zero-order valence-electron chi connectivity index (χ0n) is 18.9. The Morgan fingerprint density at radius 1 is 1.00 bits per heavy atom. The topological polar surface area (TPSA) is 98.8 Å². The Kier molecular flexibility index (Phi) is 6.93. The molecule has 172 valence electrons. The SMILES string of the molecule is COc1ccc(C)cc1NC(=O)COC(=O)C1(S(=O)(=O)c2cc(C)ccc2C)CCCC1. The summed E-state index contributed by atoms with van der Waals surface area (Å²) < 4.78 is 36.1. The van der Waals surface area contributed by atoms with Gasteiger partial charge in [0, 0.05) is 0 Å². The van der Waals surface area contributed by atoms with Crippen molar-refractivity contribution >= 4 is 27.4 Å². The summed E-state index contributed by atoms with van der Waals surface area (Å²) in [5, 5.41) is 2.66. The van der Waals surface area contributed by atoms with Gasteiger partial charge in [0.25, 0.3) is 5.91 Å². The molecule has 32 heavy (non-hydrogen) atoms. The van der Waals surface area contributed by atoms with E-state index in [1.807, 2.05) is 26.0 Å². The maximum absolute atomic E-state index is 13.6. The second-order valence-electron chi connectivity index (χ2n) is 8.30. The van der Waals surface area contributed by atoms with E-state index in [0.717, 1.165) is 11.1 Å². The van der Waals surface area contributed by atoms with Crippen LogP contribution in [0, 0.1) is 20.8 Å². The van der Waals surface area contributed by atoms with Gasteiger partial charge in [-0.25, -0.2) is 8.42 Å². The normalized spacial score (nSPS) is 15.2. The van der Waals surface area contributed by atoms with E-state index < -0.39 is 33.1 Å². The number of nitrogens with one attached hydrogen (secondary N) is 1. The molecule has 0 unspecified atom stereocenters. The molecule has 7 nitrogen and oxygen atoms in total. The molecule has 1 aliphatic carbocycles. The lowest BCUT2D eigenvalue weighted by molar-refractivity contribution is -0.149. The highest BCUT2D eigenvalue weighted by Crippen LogP contribution is 2.42. The fourth-order valence-corrected chi connectivity index (χ4v) is 6.46. The number of benzene rings is 2. The summed E-state index contributed by atoms with van der Waals surface area (Å²) in [4.78, 5) is 25.7. The Bertz CT molecular complexity index is 1130. The number of anilines is 1. The Labute approximate surface area is 189 Å². The molecule has 0 spiro atoms. The summed E-state index contributed by atoms with van der Waals surface area (Å²) in [6, 6.07) is 10.5. The first-order valence-electron chi connectivity index (χ1n) is 10.5. The Morgan fingerprint density at radius 2 is 1.62 bits per heavy atom. The minimum absolute atomic E-state index is 0.144. The van der Waals surface area contributed by atoms with Crippen LogP contribution in [-0.4, -0.2) is 38.8 Å². The number of carbonyl (C=O) groups is 2. The van der Waals surface area contributed by atoms with Crippen molar-refractivity contribution in [3.63, 3.8) is 0 Å². The van der Waals surface area contributed by atoms with Gasteiger partial charge in [0.1, 0.15) is 5.75 Å². The molecule has 1 fully saturated rings. The second-order valence-corrected chi connectivity index (χ2v) is 10.5. The molecule has 3 rings (SSSR count). The Balaban J connectivity index is 1.79. The van der Waals surface area contributed by atoms with Gasteiger partial charge in [-0.05, 0) is 68.5 Å². The lowest BCUT2D eigenvalue weighted by Crippen LogP contribution is -2.46. The first-order valence-corrected chi connectivity index (χ1v) is 12.0. The van der Waals surface area contributed by atoms with E-state index in [9.17, 15) is 18.0 Å². The highest BCUT2D eigenvalue weighted by atomic mass is 32.2. The highest BCUT2D eigenvalue weighted by Gasteiger charge is 2.54. The minimum atomic E-state index is -4.00. The van der Waals surface area contributed by atoms with Gasteiger partial charge in [-0.3, -0.25) is 9.59 Å². The molecule has 0 radical (unpaired) electrons. The molecule has 2 aromatic rings. The van der Waals surface area contributed by atoms with Crippen LogP contribution in [0.15, 0.2) is 41.3 Å². The van der Waals surface area contributed by atoms with E-state index in [0.29, 0.717) is 29.8 Å². The van der Waals surface area contributed by atoms with Gasteiger partial charge < -0.3 is 14.8 Å². The second kappa shape index (κ2) is 9.32. The summed E-state index contributed by atoms with van der Waals surface area (Å²) in [6.07, 6.45) is 1.56. The molecule has 0 saturated heterocycles. The largest absolute Gasteiger partial charge is 0.495 e.